The standard InChI is InChI=1S/C24H25N3O3S/c1-29-18-10-8-17(9-11-18)20-5-2-12-26(20)16-24(28)27-21(23-7-4-14-31-23)15-19(25-27)22-6-3-13-30-22/h3-4,6-11,13-14,20-21H,2,5,12,15-16H2,1H3. The Morgan fingerprint density at radius 2 is 2.06 bits per heavy atom. The Balaban J connectivity index is 1.35. The molecular weight excluding hydrogens is 410 g/mol. The van der Waals surface area contributed by atoms with Crippen molar-refractivity contribution in [2.45, 2.75) is 31.3 Å². The van der Waals surface area contributed by atoms with Crippen LogP contribution in [0.4, 0.5) is 0 Å². The number of benzene rings is 1. The predicted octanol–water partition coefficient (Wildman–Crippen LogP) is 4.86. The minimum Gasteiger partial charge on any atom is -0.497 e. The van der Waals surface area contributed by atoms with Crippen molar-refractivity contribution in [3.05, 3.63) is 76.4 Å². The number of hydrogen-bond donors (Lipinski definition) is 0. The van der Waals surface area contributed by atoms with Gasteiger partial charge in [0.2, 0.25) is 0 Å². The average molecular weight is 436 g/mol. The molecule has 0 spiro atoms. The van der Waals surface area contributed by atoms with Crippen LogP contribution < -0.4 is 4.74 Å². The number of likely N-dealkylation sites (tertiary alicyclic amines) is 1. The Morgan fingerprint density at radius 3 is 2.77 bits per heavy atom. The normalized spacial score (nSPS) is 21.5. The summed E-state index contributed by atoms with van der Waals surface area (Å²) in [5, 5.41) is 8.42. The number of carbonyl (C=O) groups excluding carboxylic acids is 1. The van der Waals surface area contributed by atoms with Crippen LogP contribution >= 0.6 is 11.3 Å². The van der Waals surface area contributed by atoms with Crippen molar-refractivity contribution in [2.24, 2.45) is 5.10 Å². The van der Waals surface area contributed by atoms with Gasteiger partial charge in [-0.25, -0.2) is 5.01 Å². The molecule has 2 atom stereocenters. The second-order valence-electron chi connectivity index (χ2n) is 7.90. The van der Waals surface area contributed by atoms with Crippen molar-refractivity contribution in [1.29, 1.82) is 0 Å². The van der Waals surface area contributed by atoms with Gasteiger partial charge < -0.3 is 9.15 Å². The van der Waals surface area contributed by atoms with Gasteiger partial charge in [-0.1, -0.05) is 18.2 Å². The quantitative estimate of drug-likeness (QED) is 0.555. The lowest BCUT2D eigenvalue weighted by atomic mass is 10.0. The third kappa shape index (κ3) is 4.03. The zero-order chi connectivity index (χ0) is 21.2. The summed E-state index contributed by atoms with van der Waals surface area (Å²) >= 11 is 1.66. The smallest absolute Gasteiger partial charge is 0.257 e. The van der Waals surface area contributed by atoms with E-state index in [-0.39, 0.29) is 18.0 Å². The molecule has 0 aliphatic carbocycles. The molecule has 1 fully saturated rings. The molecule has 0 bridgehead atoms. The first-order chi connectivity index (χ1) is 15.2. The number of thiophene rings is 1. The highest BCUT2D eigenvalue weighted by Gasteiger charge is 2.37. The Morgan fingerprint density at radius 1 is 1.19 bits per heavy atom. The molecule has 0 N–H and O–H groups in total. The fourth-order valence-electron chi connectivity index (χ4n) is 4.50. The van der Waals surface area contributed by atoms with Crippen molar-refractivity contribution >= 4 is 23.0 Å². The van der Waals surface area contributed by atoms with E-state index in [1.165, 1.54) is 5.56 Å². The highest BCUT2D eigenvalue weighted by molar-refractivity contribution is 7.10. The minimum atomic E-state index is -0.0744. The molecule has 2 aliphatic heterocycles. The van der Waals surface area contributed by atoms with Crippen LogP contribution in [0.25, 0.3) is 0 Å². The second-order valence-corrected chi connectivity index (χ2v) is 8.88. The Kier molecular flexibility index (Phi) is 5.61. The maximum atomic E-state index is 13.4. The Bertz CT molecular complexity index is 1040. The largest absolute Gasteiger partial charge is 0.497 e. The van der Waals surface area contributed by atoms with Crippen LogP contribution in [0.3, 0.4) is 0 Å². The Labute approximate surface area is 185 Å². The first-order valence-corrected chi connectivity index (χ1v) is 11.5. The van der Waals surface area contributed by atoms with Crippen LogP contribution in [0, 0.1) is 0 Å². The number of hydrazone groups is 1. The van der Waals surface area contributed by atoms with Crippen molar-refractivity contribution in [3.8, 4) is 5.75 Å². The van der Waals surface area contributed by atoms with Gasteiger partial charge in [-0.15, -0.1) is 11.3 Å². The van der Waals surface area contributed by atoms with Crippen molar-refractivity contribution in [1.82, 2.24) is 9.91 Å². The summed E-state index contributed by atoms with van der Waals surface area (Å²) in [4.78, 5) is 16.8. The van der Waals surface area contributed by atoms with Gasteiger partial charge in [0.1, 0.15) is 17.2 Å². The zero-order valence-corrected chi connectivity index (χ0v) is 18.3. The van der Waals surface area contributed by atoms with Crippen LogP contribution in [0.2, 0.25) is 0 Å². The number of amides is 1. The summed E-state index contributed by atoms with van der Waals surface area (Å²) in [6, 6.07) is 16.2. The maximum Gasteiger partial charge on any atom is 0.257 e. The molecule has 0 radical (unpaired) electrons. The van der Waals surface area contributed by atoms with Crippen LogP contribution in [0.5, 0.6) is 5.75 Å². The van der Waals surface area contributed by atoms with Crippen LogP contribution in [-0.2, 0) is 4.79 Å². The molecule has 0 saturated carbocycles. The molecule has 2 unspecified atom stereocenters. The third-order valence-electron chi connectivity index (χ3n) is 6.05. The predicted molar refractivity (Wildman–Crippen MR) is 120 cm³/mol. The minimum absolute atomic E-state index is 0.0281. The van der Waals surface area contributed by atoms with Crippen molar-refractivity contribution in [3.63, 3.8) is 0 Å². The fraction of sp³-hybridized carbons (Fsp3) is 0.333. The zero-order valence-electron chi connectivity index (χ0n) is 17.4. The van der Waals surface area contributed by atoms with E-state index in [0.29, 0.717) is 13.0 Å². The van der Waals surface area contributed by atoms with Gasteiger partial charge >= 0.3 is 0 Å². The number of ether oxygens (including phenoxy) is 1. The number of hydrogen-bond acceptors (Lipinski definition) is 6. The van der Waals surface area contributed by atoms with E-state index in [1.807, 2.05) is 35.7 Å². The molecule has 7 heteroatoms. The van der Waals surface area contributed by atoms with Crippen LogP contribution in [-0.4, -0.2) is 41.7 Å². The number of furan rings is 1. The molecule has 3 aromatic rings. The van der Waals surface area contributed by atoms with Gasteiger partial charge in [-0.05, 0) is 60.7 Å². The molecule has 2 aromatic heterocycles. The van der Waals surface area contributed by atoms with Crippen molar-refractivity contribution in [2.75, 3.05) is 20.2 Å². The molecule has 5 rings (SSSR count). The van der Waals surface area contributed by atoms with E-state index < -0.39 is 0 Å². The number of methoxy groups -OCH3 is 1. The highest BCUT2D eigenvalue weighted by atomic mass is 32.1. The molecule has 31 heavy (non-hydrogen) atoms. The van der Waals surface area contributed by atoms with E-state index in [1.54, 1.807) is 29.7 Å². The van der Waals surface area contributed by atoms with Gasteiger partial charge in [0.15, 0.2) is 0 Å². The van der Waals surface area contributed by atoms with Gasteiger partial charge in [-0.3, -0.25) is 9.69 Å². The number of carbonyl (C=O) groups is 1. The number of nitrogens with zero attached hydrogens (tertiary/aromatic N) is 3. The summed E-state index contributed by atoms with van der Waals surface area (Å²) in [6.07, 6.45) is 4.45. The molecule has 2 aliphatic rings. The molecule has 1 aromatic carbocycles. The lowest BCUT2D eigenvalue weighted by Gasteiger charge is -2.27. The molecule has 160 valence electrons. The highest BCUT2D eigenvalue weighted by Crippen LogP contribution is 2.37. The van der Waals surface area contributed by atoms with E-state index >= 15 is 0 Å². The van der Waals surface area contributed by atoms with Gasteiger partial charge in [0, 0.05) is 17.3 Å². The lowest BCUT2D eigenvalue weighted by Crippen LogP contribution is -2.37. The summed E-state index contributed by atoms with van der Waals surface area (Å²) < 4.78 is 10.8. The van der Waals surface area contributed by atoms with Gasteiger partial charge in [-0.2, -0.15) is 5.10 Å². The van der Waals surface area contributed by atoms with Crippen LogP contribution in [0.1, 0.15) is 47.5 Å². The van der Waals surface area contributed by atoms with E-state index in [0.717, 1.165) is 41.5 Å². The second kappa shape index (κ2) is 8.69. The maximum absolute atomic E-state index is 13.4. The Hall–Kier alpha value is -2.90. The third-order valence-corrected chi connectivity index (χ3v) is 7.02. The average Bonchev–Trinajstić information content (AvgIpc) is 3.60. The van der Waals surface area contributed by atoms with E-state index in [9.17, 15) is 4.79 Å². The summed E-state index contributed by atoms with van der Waals surface area (Å²) in [5.41, 5.74) is 2.05. The molecule has 4 heterocycles. The van der Waals surface area contributed by atoms with Gasteiger partial charge in [0.05, 0.1) is 26.0 Å². The summed E-state index contributed by atoms with van der Waals surface area (Å²) in [7, 11) is 1.67. The number of rotatable bonds is 6. The first-order valence-electron chi connectivity index (χ1n) is 10.6. The molecule has 1 saturated heterocycles. The van der Waals surface area contributed by atoms with Crippen molar-refractivity contribution < 1.29 is 13.9 Å². The first kappa shape index (κ1) is 20.0. The topological polar surface area (TPSA) is 58.3 Å². The lowest BCUT2D eigenvalue weighted by molar-refractivity contribution is -0.134. The molecule has 6 nitrogen and oxygen atoms in total. The van der Waals surface area contributed by atoms with Crippen LogP contribution in [0.15, 0.2) is 69.7 Å². The van der Waals surface area contributed by atoms with E-state index in [4.69, 9.17) is 14.3 Å². The fourth-order valence-corrected chi connectivity index (χ4v) is 5.31. The van der Waals surface area contributed by atoms with E-state index in [2.05, 4.69) is 23.1 Å². The summed E-state index contributed by atoms with van der Waals surface area (Å²) in [5.74, 6) is 1.61. The summed E-state index contributed by atoms with van der Waals surface area (Å²) in [6.45, 7) is 1.27. The molecule has 1 amide bonds. The molecular formula is C24H25N3O3S. The SMILES string of the molecule is COc1ccc(C2CCCN2CC(=O)N2N=C(c3ccco3)CC2c2cccs2)cc1. The van der Waals surface area contributed by atoms with Gasteiger partial charge in [0.25, 0.3) is 5.91 Å². The monoisotopic (exact) mass is 435 g/mol.